The Morgan fingerprint density at radius 2 is 1.66 bits per heavy atom. The van der Waals surface area contributed by atoms with E-state index in [1.165, 1.54) is 0 Å². The summed E-state index contributed by atoms with van der Waals surface area (Å²) in [5.41, 5.74) is 1.80. The van der Waals surface area contributed by atoms with Crippen LogP contribution in [0.1, 0.15) is 44.0 Å². The van der Waals surface area contributed by atoms with Crippen LogP contribution in [0.5, 0.6) is 17.5 Å². The Labute approximate surface area is 170 Å². The topological polar surface area (TPSA) is 82.6 Å². The van der Waals surface area contributed by atoms with Gasteiger partial charge in [0.2, 0.25) is 6.10 Å². The van der Waals surface area contributed by atoms with Crippen LogP contribution in [0.3, 0.4) is 0 Å². The van der Waals surface area contributed by atoms with E-state index in [2.05, 4.69) is 15.3 Å². The highest BCUT2D eigenvalue weighted by atomic mass is 16.6. The molecule has 1 saturated carbocycles. The summed E-state index contributed by atoms with van der Waals surface area (Å²) in [6, 6.07) is 9.90. The third-order valence-electron chi connectivity index (χ3n) is 5.36. The predicted octanol–water partition coefficient (Wildman–Crippen LogP) is 3.13. The van der Waals surface area contributed by atoms with Gasteiger partial charge in [-0.1, -0.05) is 12.1 Å². The highest BCUT2D eigenvalue weighted by Gasteiger charge is 2.35. The second-order valence-electron chi connectivity index (χ2n) is 7.84. The van der Waals surface area contributed by atoms with Crippen LogP contribution in [0.4, 0.5) is 0 Å². The van der Waals surface area contributed by atoms with Crippen LogP contribution in [-0.4, -0.2) is 40.2 Å². The van der Waals surface area contributed by atoms with E-state index in [9.17, 15) is 4.79 Å². The largest absolute Gasteiger partial charge is 0.482 e. The molecule has 154 valence electrons. The smallest absolute Gasteiger partial charge is 0.317 e. The lowest BCUT2D eigenvalue weighted by Gasteiger charge is -2.33. The standard InChI is InChI=1S/C22H27N3O4/c1-13-12-14(2)24-22(23-13)28-17-10-8-16(9-11-17)25-21(26)20-15(3)27-18-6-4-5-7-19(18)29-20/h4-7,12,15-17,20H,8-11H2,1-3H3,(H,25,26). The fourth-order valence-electron chi connectivity index (χ4n) is 3.91. The van der Waals surface area contributed by atoms with Gasteiger partial charge in [0.05, 0.1) is 0 Å². The molecular weight excluding hydrogens is 370 g/mol. The molecule has 0 bridgehead atoms. The van der Waals surface area contributed by atoms with E-state index in [-0.39, 0.29) is 24.2 Å². The van der Waals surface area contributed by atoms with Crippen LogP contribution in [-0.2, 0) is 4.79 Å². The molecule has 1 aromatic heterocycles. The zero-order chi connectivity index (χ0) is 20.4. The molecule has 29 heavy (non-hydrogen) atoms. The molecule has 2 aromatic rings. The summed E-state index contributed by atoms with van der Waals surface area (Å²) in [6.45, 7) is 5.73. The Morgan fingerprint density at radius 1 is 1.03 bits per heavy atom. The number of para-hydroxylation sites is 2. The van der Waals surface area contributed by atoms with Gasteiger partial charge in [0, 0.05) is 17.4 Å². The summed E-state index contributed by atoms with van der Waals surface area (Å²) < 4.78 is 17.7. The van der Waals surface area contributed by atoms with Gasteiger partial charge in [-0.25, -0.2) is 9.97 Å². The Bertz CT molecular complexity index is 860. The van der Waals surface area contributed by atoms with Crippen LogP contribution in [0.2, 0.25) is 0 Å². The van der Waals surface area contributed by atoms with Crippen LogP contribution in [0.25, 0.3) is 0 Å². The number of hydrogen-bond acceptors (Lipinski definition) is 6. The summed E-state index contributed by atoms with van der Waals surface area (Å²) in [4.78, 5) is 21.5. The quantitative estimate of drug-likeness (QED) is 0.854. The van der Waals surface area contributed by atoms with E-state index in [1.807, 2.05) is 51.1 Å². The number of ether oxygens (including phenoxy) is 3. The van der Waals surface area contributed by atoms with Crippen molar-refractivity contribution >= 4 is 5.91 Å². The number of aryl methyl sites for hydroxylation is 2. The predicted molar refractivity (Wildman–Crippen MR) is 107 cm³/mol. The van der Waals surface area contributed by atoms with Crippen molar-refractivity contribution in [2.75, 3.05) is 0 Å². The highest BCUT2D eigenvalue weighted by Crippen LogP contribution is 2.33. The lowest BCUT2D eigenvalue weighted by Crippen LogP contribution is -2.52. The minimum Gasteiger partial charge on any atom is -0.482 e. The van der Waals surface area contributed by atoms with E-state index in [1.54, 1.807) is 0 Å². The average molecular weight is 397 g/mol. The maximum Gasteiger partial charge on any atom is 0.317 e. The number of nitrogens with one attached hydrogen (secondary N) is 1. The zero-order valence-electron chi connectivity index (χ0n) is 17.1. The molecule has 1 amide bonds. The first-order valence-corrected chi connectivity index (χ1v) is 10.2. The Balaban J connectivity index is 1.29. The normalized spacial score (nSPS) is 25.9. The van der Waals surface area contributed by atoms with Gasteiger partial charge in [-0.2, -0.15) is 0 Å². The number of nitrogens with zero attached hydrogens (tertiary/aromatic N) is 2. The second kappa shape index (κ2) is 8.27. The number of rotatable bonds is 4. The first kappa shape index (κ1) is 19.5. The molecule has 2 atom stereocenters. The molecule has 0 saturated heterocycles. The third-order valence-corrected chi connectivity index (χ3v) is 5.36. The van der Waals surface area contributed by atoms with Gasteiger partial charge in [0.15, 0.2) is 11.5 Å². The number of aromatic nitrogens is 2. The lowest BCUT2D eigenvalue weighted by atomic mass is 9.92. The van der Waals surface area contributed by atoms with Crippen molar-refractivity contribution in [2.24, 2.45) is 0 Å². The molecule has 1 fully saturated rings. The van der Waals surface area contributed by atoms with Crippen molar-refractivity contribution in [1.29, 1.82) is 0 Å². The first-order valence-electron chi connectivity index (χ1n) is 10.2. The molecule has 2 heterocycles. The molecular formula is C22H27N3O4. The SMILES string of the molecule is Cc1cc(C)nc(OC2CCC(NC(=O)C3Oc4ccccc4OC3C)CC2)n1. The maximum atomic E-state index is 12.8. The van der Waals surface area contributed by atoms with Gasteiger partial charge in [-0.15, -0.1) is 0 Å². The van der Waals surface area contributed by atoms with Gasteiger partial charge in [-0.05, 0) is 64.7 Å². The number of benzene rings is 1. The molecule has 2 aliphatic rings. The van der Waals surface area contributed by atoms with Gasteiger partial charge in [-0.3, -0.25) is 4.79 Å². The van der Waals surface area contributed by atoms with Crippen molar-refractivity contribution in [3.8, 4) is 17.5 Å². The molecule has 7 heteroatoms. The third kappa shape index (κ3) is 4.60. The van der Waals surface area contributed by atoms with E-state index < -0.39 is 6.10 Å². The Morgan fingerprint density at radius 3 is 2.31 bits per heavy atom. The van der Waals surface area contributed by atoms with Crippen LogP contribution < -0.4 is 19.5 Å². The van der Waals surface area contributed by atoms with Crippen molar-refractivity contribution in [3.05, 3.63) is 41.7 Å². The van der Waals surface area contributed by atoms with Crippen LogP contribution >= 0.6 is 0 Å². The van der Waals surface area contributed by atoms with E-state index >= 15 is 0 Å². The minimum atomic E-state index is -0.650. The number of carbonyl (C=O) groups excluding carboxylic acids is 1. The molecule has 0 spiro atoms. The molecule has 7 nitrogen and oxygen atoms in total. The van der Waals surface area contributed by atoms with Crippen molar-refractivity contribution in [2.45, 2.75) is 70.8 Å². The van der Waals surface area contributed by atoms with Crippen molar-refractivity contribution in [3.63, 3.8) is 0 Å². The minimum absolute atomic E-state index is 0.0735. The number of amides is 1. The van der Waals surface area contributed by atoms with Crippen molar-refractivity contribution < 1.29 is 19.0 Å². The Kier molecular flexibility index (Phi) is 5.56. The monoisotopic (exact) mass is 397 g/mol. The van der Waals surface area contributed by atoms with E-state index in [0.29, 0.717) is 17.5 Å². The highest BCUT2D eigenvalue weighted by molar-refractivity contribution is 5.82. The second-order valence-corrected chi connectivity index (χ2v) is 7.84. The number of fused-ring (bicyclic) bond motifs is 1. The van der Waals surface area contributed by atoms with Gasteiger partial charge >= 0.3 is 6.01 Å². The summed E-state index contributed by atoms with van der Waals surface area (Å²) in [7, 11) is 0. The average Bonchev–Trinajstić information content (AvgIpc) is 2.68. The van der Waals surface area contributed by atoms with E-state index in [0.717, 1.165) is 37.1 Å². The van der Waals surface area contributed by atoms with Gasteiger partial charge in [0.25, 0.3) is 5.91 Å². The van der Waals surface area contributed by atoms with Crippen LogP contribution in [0, 0.1) is 13.8 Å². The number of hydrogen-bond donors (Lipinski definition) is 1. The molecule has 1 N–H and O–H groups in total. The lowest BCUT2D eigenvalue weighted by molar-refractivity contribution is -0.134. The molecule has 0 radical (unpaired) electrons. The summed E-state index contributed by atoms with van der Waals surface area (Å²) in [5.74, 6) is 1.15. The summed E-state index contributed by atoms with van der Waals surface area (Å²) in [6.07, 6.45) is 2.47. The number of carbonyl (C=O) groups is 1. The molecule has 1 aliphatic carbocycles. The fraction of sp³-hybridized carbons (Fsp3) is 0.500. The molecule has 1 aliphatic heterocycles. The molecule has 2 unspecified atom stereocenters. The zero-order valence-corrected chi connectivity index (χ0v) is 17.1. The Hall–Kier alpha value is -2.83. The van der Waals surface area contributed by atoms with E-state index in [4.69, 9.17) is 14.2 Å². The summed E-state index contributed by atoms with van der Waals surface area (Å²) in [5, 5.41) is 3.12. The summed E-state index contributed by atoms with van der Waals surface area (Å²) >= 11 is 0. The van der Waals surface area contributed by atoms with Gasteiger partial charge in [0.1, 0.15) is 12.2 Å². The molecule has 4 rings (SSSR count). The maximum absolute atomic E-state index is 12.8. The van der Waals surface area contributed by atoms with Crippen molar-refractivity contribution in [1.82, 2.24) is 15.3 Å². The first-order chi connectivity index (χ1) is 14.0. The van der Waals surface area contributed by atoms with Gasteiger partial charge < -0.3 is 19.5 Å². The fourth-order valence-corrected chi connectivity index (χ4v) is 3.91. The van der Waals surface area contributed by atoms with Crippen LogP contribution in [0.15, 0.2) is 30.3 Å². The molecule has 1 aromatic carbocycles.